The predicted octanol–water partition coefficient (Wildman–Crippen LogP) is 3.94. The summed E-state index contributed by atoms with van der Waals surface area (Å²) in [7, 11) is 3.17. The molecule has 5 nitrogen and oxygen atoms in total. The van der Waals surface area contributed by atoms with E-state index in [4.69, 9.17) is 9.47 Å². The van der Waals surface area contributed by atoms with Gasteiger partial charge >= 0.3 is 6.03 Å². The lowest BCUT2D eigenvalue weighted by Crippen LogP contribution is -2.39. The van der Waals surface area contributed by atoms with E-state index in [1.165, 1.54) is 12.1 Å². The summed E-state index contributed by atoms with van der Waals surface area (Å²) in [6.45, 7) is 4.41. The molecule has 0 heterocycles. The van der Waals surface area contributed by atoms with Crippen molar-refractivity contribution < 1.29 is 18.7 Å². The highest BCUT2D eigenvalue weighted by molar-refractivity contribution is 5.89. The van der Waals surface area contributed by atoms with Crippen LogP contribution in [-0.4, -0.2) is 26.8 Å². The van der Waals surface area contributed by atoms with E-state index in [2.05, 4.69) is 10.6 Å². The summed E-state index contributed by atoms with van der Waals surface area (Å²) < 4.78 is 23.7. The van der Waals surface area contributed by atoms with Gasteiger partial charge in [-0.25, -0.2) is 9.18 Å². The van der Waals surface area contributed by atoms with E-state index >= 15 is 0 Å². The first-order chi connectivity index (χ1) is 11.9. The van der Waals surface area contributed by atoms with E-state index in [-0.39, 0.29) is 11.4 Å². The van der Waals surface area contributed by atoms with Crippen molar-refractivity contribution in [2.45, 2.75) is 19.3 Å². The standard InChI is InChI=1S/C19H23FN2O3/c1-19(2,13-8-9-16(24-3)17(10-13)25-4)12-21-18(23)22-15-7-5-6-14(20)11-15/h5-11H,12H2,1-4H3,(H2,21,22,23). The number of carbonyl (C=O) groups is 1. The van der Waals surface area contributed by atoms with Crippen molar-refractivity contribution in [1.82, 2.24) is 5.32 Å². The summed E-state index contributed by atoms with van der Waals surface area (Å²) in [5.74, 6) is 0.889. The van der Waals surface area contributed by atoms with Gasteiger partial charge < -0.3 is 20.1 Å². The van der Waals surface area contributed by atoms with Crippen LogP contribution in [0.1, 0.15) is 19.4 Å². The highest BCUT2D eigenvalue weighted by atomic mass is 19.1. The Morgan fingerprint density at radius 1 is 1.08 bits per heavy atom. The molecule has 0 unspecified atom stereocenters. The Balaban J connectivity index is 2.02. The number of benzene rings is 2. The summed E-state index contributed by atoms with van der Waals surface area (Å²) in [6.07, 6.45) is 0. The zero-order valence-corrected chi connectivity index (χ0v) is 14.9. The van der Waals surface area contributed by atoms with Crippen molar-refractivity contribution in [2.75, 3.05) is 26.1 Å². The van der Waals surface area contributed by atoms with Crippen LogP contribution in [0, 0.1) is 5.82 Å². The van der Waals surface area contributed by atoms with E-state index < -0.39 is 5.82 Å². The van der Waals surface area contributed by atoms with Crippen LogP contribution in [0.4, 0.5) is 14.9 Å². The highest BCUT2D eigenvalue weighted by Crippen LogP contribution is 2.32. The number of hydrogen-bond acceptors (Lipinski definition) is 3. The molecule has 0 atom stereocenters. The first-order valence-corrected chi connectivity index (χ1v) is 7.88. The average Bonchev–Trinajstić information content (AvgIpc) is 2.59. The molecule has 0 saturated heterocycles. The first-order valence-electron chi connectivity index (χ1n) is 7.88. The number of methoxy groups -OCH3 is 2. The Morgan fingerprint density at radius 3 is 2.44 bits per heavy atom. The third kappa shape index (κ3) is 4.86. The van der Waals surface area contributed by atoms with Crippen molar-refractivity contribution in [3.05, 3.63) is 53.8 Å². The summed E-state index contributed by atoms with van der Waals surface area (Å²) in [6, 6.07) is 11.0. The normalized spacial score (nSPS) is 10.9. The van der Waals surface area contributed by atoms with Crippen molar-refractivity contribution >= 4 is 11.7 Å². The molecule has 25 heavy (non-hydrogen) atoms. The number of halogens is 1. The van der Waals surface area contributed by atoms with Crippen molar-refractivity contribution in [1.29, 1.82) is 0 Å². The molecule has 2 aromatic carbocycles. The van der Waals surface area contributed by atoms with E-state index in [1.807, 2.05) is 32.0 Å². The van der Waals surface area contributed by atoms with Crippen LogP contribution >= 0.6 is 0 Å². The molecular weight excluding hydrogens is 323 g/mol. The van der Waals surface area contributed by atoms with Gasteiger partial charge in [0.15, 0.2) is 11.5 Å². The smallest absolute Gasteiger partial charge is 0.319 e. The fraction of sp³-hybridized carbons (Fsp3) is 0.316. The van der Waals surface area contributed by atoms with Gasteiger partial charge in [0, 0.05) is 17.6 Å². The zero-order chi connectivity index (χ0) is 18.4. The second-order valence-corrected chi connectivity index (χ2v) is 6.27. The Bertz CT molecular complexity index is 747. The second kappa shape index (κ2) is 7.88. The van der Waals surface area contributed by atoms with Gasteiger partial charge in [0.2, 0.25) is 0 Å². The fourth-order valence-electron chi connectivity index (χ4n) is 2.40. The molecule has 0 aliphatic heterocycles. The molecule has 0 bridgehead atoms. The van der Waals surface area contributed by atoms with E-state index in [9.17, 15) is 9.18 Å². The first kappa shape index (κ1) is 18.6. The van der Waals surface area contributed by atoms with Crippen LogP contribution in [-0.2, 0) is 5.41 Å². The summed E-state index contributed by atoms with van der Waals surface area (Å²) >= 11 is 0. The lowest BCUT2D eigenvalue weighted by Gasteiger charge is -2.26. The molecule has 134 valence electrons. The molecule has 2 aromatic rings. The number of nitrogens with one attached hydrogen (secondary N) is 2. The van der Waals surface area contributed by atoms with Crippen molar-refractivity contribution in [3.8, 4) is 11.5 Å². The van der Waals surface area contributed by atoms with Crippen LogP contribution in [0.15, 0.2) is 42.5 Å². The molecule has 0 aliphatic rings. The van der Waals surface area contributed by atoms with Crippen molar-refractivity contribution in [2.24, 2.45) is 0 Å². The van der Waals surface area contributed by atoms with Gasteiger partial charge in [-0.1, -0.05) is 26.0 Å². The zero-order valence-electron chi connectivity index (χ0n) is 14.9. The number of ether oxygens (including phenoxy) is 2. The van der Waals surface area contributed by atoms with Crippen molar-refractivity contribution in [3.63, 3.8) is 0 Å². The van der Waals surface area contributed by atoms with Gasteiger partial charge in [-0.05, 0) is 35.9 Å². The van der Waals surface area contributed by atoms with Gasteiger partial charge in [0.25, 0.3) is 0 Å². The van der Waals surface area contributed by atoms with E-state index in [1.54, 1.807) is 26.4 Å². The maximum Gasteiger partial charge on any atom is 0.319 e. The molecule has 6 heteroatoms. The number of carbonyl (C=O) groups excluding carboxylic acids is 1. The monoisotopic (exact) mass is 346 g/mol. The second-order valence-electron chi connectivity index (χ2n) is 6.27. The van der Waals surface area contributed by atoms with Gasteiger partial charge in [-0.2, -0.15) is 0 Å². The Labute approximate surface area is 147 Å². The number of amides is 2. The third-order valence-corrected chi connectivity index (χ3v) is 3.94. The summed E-state index contributed by atoms with van der Waals surface area (Å²) in [5.41, 5.74) is 1.07. The van der Waals surface area contributed by atoms with Crippen LogP contribution in [0.2, 0.25) is 0 Å². The average molecular weight is 346 g/mol. The quantitative estimate of drug-likeness (QED) is 0.833. The third-order valence-electron chi connectivity index (χ3n) is 3.94. The van der Waals surface area contributed by atoms with E-state index in [0.29, 0.717) is 23.7 Å². The van der Waals surface area contributed by atoms with Crippen LogP contribution < -0.4 is 20.1 Å². The fourth-order valence-corrected chi connectivity index (χ4v) is 2.40. The molecule has 0 radical (unpaired) electrons. The minimum absolute atomic E-state index is 0.334. The van der Waals surface area contributed by atoms with Crippen LogP contribution in [0.25, 0.3) is 0 Å². The maximum atomic E-state index is 13.2. The molecule has 0 spiro atoms. The number of urea groups is 1. The van der Waals surface area contributed by atoms with Gasteiger partial charge in [0.05, 0.1) is 14.2 Å². The van der Waals surface area contributed by atoms with Gasteiger partial charge in [-0.3, -0.25) is 0 Å². The SMILES string of the molecule is COc1ccc(C(C)(C)CNC(=O)Nc2cccc(F)c2)cc1OC. The van der Waals surface area contributed by atoms with Crippen LogP contribution in [0.5, 0.6) is 11.5 Å². The minimum atomic E-state index is -0.400. The summed E-state index contributed by atoms with van der Waals surface area (Å²) in [4.78, 5) is 12.0. The molecule has 0 aliphatic carbocycles. The molecule has 0 aromatic heterocycles. The molecule has 0 fully saturated rings. The number of rotatable bonds is 6. The topological polar surface area (TPSA) is 59.6 Å². The van der Waals surface area contributed by atoms with Crippen LogP contribution in [0.3, 0.4) is 0 Å². The van der Waals surface area contributed by atoms with E-state index in [0.717, 1.165) is 5.56 Å². The Hall–Kier alpha value is -2.76. The predicted molar refractivity (Wildman–Crippen MR) is 96.0 cm³/mol. The minimum Gasteiger partial charge on any atom is -0.493 e. The molecule has 2 N–H and O–H groups in total. The number of anilines is 1. The highest BCUT2D eigenvalue weighted by Gasteiger charge is 2.23. The molecular formula is C19H23FN2O3. The largest absolute Gasteiger partial charge is 0.493 e. The molecule has 2 amide bonds. The lowest BCUT2D eigenvalue weighted by atomic mass is 9.84. The van der Waals surface area contributed by atoms with Gasteiger partial charge in [0.1, 0.15) is 5.82 Å². The Kier molecular flexibility index (Phi) is 5.85. The Morgan fingerprint density at radius 2 is 1.80 bits per heavy atom. The summed E-state index contributed by atoms with van der Waals surface area (Å²) in [5, 5.41) is 5.42. The number of hydrogen-bond donors (Lipinski definition) is 2. The van der Waals surface area contributed by atoms with Gasteiger partial charge in [-0.15, -0.1) is 0 Å². The molecule has 2 rings (SSSR count). The molecule has 0 saturated carbocycles. The lowest BCUT2D eigenvalue weighted by molar-refractivity contribution is 0.249. The maximum absolute atomic E-state index is 13.2.